The fourth-order valence-electron chi connectivity index (χ4n) is 3.77. The number of aryl methyl sites for hydroxylation is 2. The lowest BCUT2D eigenvalue weighted by Gasteiger charge is -2.14. The molecule has 0 spiro atoms. The lowest BCUT2D eigenvalue weighted by atomic mass is 10.1. The zero-order valence-corrected chi connectivity index (χ0v) is 18.8. The fraction of sp³-hybridized carbons (Fsp3) is 0.192. The van der Waals surface area contributed by atoms with Crippen molar-refractivity contribution in [3.63, 3.8) is 0 Å². The largest absolute Gasteiger partial charge is 0.322 e. The molecule has 32 heavy (non-hydrogen) atoms. The van der Waals surface area contributed by atoms with Crippen molar-refractivity contribution in [2.24, 2.45) is 0 Å². The molecule has 0 bridgehead atoms. The summed E-state index contributed by atoms with van der Waals surface area (Å²) in [6.45, 7) is 4.34. The molecule has 0 fully saturated rings. The van der Waals surface area contributed by atoms with E-state index < -0.39 is 0 Å². The van der Waals surface area contributed by atoms with Crippen LogP contribution in [0, 0.1) is 6.92 Å². The molecule has 4 rings (SSSR count). The molecule has 0 saturated heterocycles. The van der Waals surface area contributed by atoms with Gasteiger partial charge >= 0.3 is 0 Å². The Bertz CT molecular complexity index is 1360. The molecule has 0 aliphatic carbocycles. The van der Waals surface area contributed by atoms with Crippen LogP contribution < -0.4 is 10.9 Å². The Morgan fingerprint density at radius 2 is 1.88 bits per heavy atom. The van der Waals surface area contributed by atoms with Crippen LogP contribution in [0.1, 0.15) is 40.7 Å². The SMILES string of the molecule is CCCc1nc2ccc(NC(=O)c3ccccc3C)cc2c(=O)n1Cc1cccc(Cl)c1. The van der Waals surface area contributed by atoms with Gasteiger partial charge in [0.25, 0.3) is 11.5 Å². The number of carbonyl (C=O) groups is 1. The number of rotatable bonds is 6. The molecule has 3 aromatic carbocycles. The van der Waals surface area contributed by atoms with Crippen LogP contribution in [0.2, 0.25) is 5.02 Å². The van der Waals surface area contributed by atoms with Crippen LogP contribution in [0.15, 0.2) is 71.5 Å². The predicted molar refractivity (Wildman–Crippen MR) is 130 cm³/mol. The molecule has 0 saturated carbocycles. The molecule has 0 radical (unpaired) electrons. The minimum Gasteiger partial charge on any atom is -0.322 e. The number of hydrogen-bond acceptors (Lipinski definition) is 3. The molecule has 1 heterocycles. The molecule has 0 atom stereocenters. The number of benzene rings is 3. The number of aromatic nitrogens is 2. The molecule has 1 amide bonds. The number of halogens is 1. The number of carbonyl (C=O) groups excluding carboxylic acids is 1. The van der Waals surface area contributed by atoms with E-state index in [0.29, 0.717) is 40.1 Å². The Labute approximate surface area is 191 Å². The smallest absolute Gasteiger partial charge is 0.261 e. The quantitative estimate of drug-likeness (QED) is 0.419. The van der Waals surface area contributed by atoms with Crippen molar-refractivity contribution in [1.29, 1.82) is 0 Å². The van der Waals surface area contributed by atoms with Crippen molar-refractivity contribution in [2.75, 3.05) is 5.32 Å². The third-order valence-electron chi connectivity index (χ3n) is 5.38. The molecular formula is C26H24ClN3O2. The summed E-state index contributed by atoms with van der Waals surface area (Å²) in [6, 6.07) is 20.1. The topological polar surface area (TPSA) is 64.0 Å². The van der Waals surface area contributed by atoms with E-state index in [1.54, 1.807) is 28.8 Å². The number of nitrogens with zero attached hydrogens (tertiary/aromatic N) is 2. The van der Waals surface area contributed by atoms with Crippen molar-refractivity contribution < 1.29 is 4.79 Å². The summed E-state index contributed by atoms with van der Waals surface area (Å²) in [7, 11) is 0. The minimum atomic E-state index is -0.211. The molecule has 5 nitrogen and oxygen atoms in total. The van der Waals surface area contributed by atoms with Gasteiger partial charge in [-0.2, -0.15) is 0 Å². The normalized spacial score (nSPS) is 11.0. The van der Waals surface area contributed by atoms with Crippen LogP contribution in [0.5, 0.6) is 0 Å². The molecule has 1 aromatic heterocycles. The number of nitrogens with one attached hydrogen (secondary N) is 1. The average molecular weight is 446 g/mol. The number of anilines is 1. The Hall–Kier alpha value is -3.44. The first-order valence-electron chi connectivity index (χ1n) is 10.6. The van der Waals surface area contributed by atoms with Gasteiger partial charge in [0.2, 0.25) is 0 Å². The van der Waals surface area contributed by atoms with Gasteiger partial charge in [-0.05, 0) is 60.9 Å². The first kappa shape index (κ1) is 21.8. The van der Waals surface area contributed by atoms with Crippen molar-refractivity contribution in [3.8, 4) is 0 Å². The van der Waals surface area contributed by atoms with Crippen LogP contribution >= 0.6 is 11.6 Å². The Balaban J connectivity index is 1.74. The van der Waals surface area contributed by atoms with Gasteiger partial charge in [-0.25, -0.2) is 4.98 Å². The standard InChI is InChI=1S/C26H24ClN3O2/c1-3-7-24-29-23-13-12-20(28-25(31)21-11-5-4-8-17(21)2)15-22(23)26(32)30(24)16-18-9-6-10-19(27)14-18/h4-6,8-15H,3,7,16H2,1-2H3,(H,28,31). The van der Waals surface area contributed by atoms with Crippen molar-refractivity contribution in [3.05, 3.63) is 105 Å². The summed E-state index contributed by atoms with van der Waals surface area (Å²) < 4.78 is 1.70. The van der Waals surface area contributed by atoms with E-state index in [1.807, 2.05) is 49.4 Å². The molecular weight excluding hydrogens is 422 g/mol. The van der Waals surface area contributed by atoms with Gasteiger partial charge in [0.15, 0.2) is 0 Å². The Morgan fingerprint density at radius 1 is 1.06 bits per heavy atom. The van der Waals surface area contributed by atoms with Gasteiger partial charge in [0.1, 0.15) is 5.82 Å². The van der Waals surface area contributed by atoms with Crippen molar-refractivity contribution in [2.45, 2.75) is 33.2 Å². The lowest BCUT2D eigenvalue weighted by molar-refractivity contribution is 0.102. The second-order valence-corrected chi connectivity index (χ2v) is 8.24. The zero-order valence-electron chi connectivity index (χ0n) is 18.1. The molecule has 1 N–H and O–H groups in total. The summed E-state index contributed by atoms with van der Waals surface area (Å²) in [5, 5.41) is 4.00. The van der Waals surface area contributed by atoms with E-state index in [9.17, 15) is 9.59 Å². The first-order valence-corrected chi connectivity index (χ1v) is 11.0. The molecule has 0 unspecified atom stereocenters. The van der Waals surface area contributed by atoms with Gasteiger partial charge in [-0.1, -0.05) is 48.9 Å². The summed E-state index contributed by atoms with van der Waals surface area (Å²) >= 11 is 6.13. The average Bonchev–Trinajstić information content (AvgIpc) is 2.77. The second-order valence-electron chi connectivity index (χ2n) is 7.80. The van der Waals surface area contributed by atoms with Crippen LogP contribution in [-0.2, 0) is 13.0 Å². The third kappa shape index (κ3) is 4.58. The maximum absolute atomic E-state index is 13.5. The summed E-state index contributed by atoms with van der Waals surface area (Å²) in [4.78, 5) is 30.9. The molecule has 6 heteroatoms. The third-order valence-corrected chi connectivity index (χ3v) is 5.62. The van der Waals surface area contributed by atoms with Crippen LogP contribution in [0.4, 0.5) is 5.69 Å². The monoisotopic (exact) mass is 445 g/mol. The van der Waals surface area contributed by atoms with Crippen LogP contribution in [0.25, 0.3) is 10.9 Å². The number of fused-ring (bicyclic) bond motifs is 1. The van der Waals surface area contributed by atoms with Gasteiger partial charge in [0.05, 0.1) is 17.4 Å². The molecule has 4 aromatic rings. The van der Waals surface area contributed by atoms with E-state index in [1.165, 1.54) is 0 Å². The van der Waals surface area contributed by atoms with Gasteiger partial charge in [-0.3, -0.25) is 14.2 Å². The fourth-order valence-corrected chi connectivity index (χ4v) is 3.98. The van der Waals surface area contributed by atoms with E-state index in [4.69, 9.17) is 16.6 Å². The Kier molecular flexibility index (Phi) is 6.37. The highest BCUT2D eigenvalue weighted by atomic mass is 35.5. The Morgan fingerprint density at radius 3 is 2.62 bits per heavy atom. The highest BCUT2D eigenvalue weighted by Gasteiger charge is 2.14. The number of hydrogen-bond donors (Lipinski definition) is 1. The van der Waals surface area contributed by atoms with E-state index in [0.717, 1.165) is 23.4 Å². The molecule has 0 aliphatic heterocycles. The van der Waals surface area contributed by atoms with Crippen molar-refractivity contribution in [1.82, 2.24) is 9.55 Å². The maximum Gasteiger partial charge on any atom is 0.261 e. The van der Waals surface area contributed by atoms with Gasteiger partial charge in [-0.15, -0.1) is 0 Å². The van der Waals surface area contributed by atoms with Crippen molar-refractivity contribution >= 4 is 34.1 Å². The predicted octanol–water partition coefficient (Wildman–Crippen LogP) is 5.61. The van der Waals surface area contributed by atoms with Crippen LogP contribution in [-0.4, -0.2) is 15.5 Å². The van der Waals surface area contributed by atoms with E-state index in [-0.39, 0.29) is 11.5 Å². The van der Waals surface area contributed by atoms with Gasteiger partial charge < -0.3 is 5.32 Å². The molecule has 0 aliphatic rings. The summed E-state index contributed by atoms with van der Waals surface area (Å²) in [5.41, 5.74) is 3.47. The van der Waals surface area contributed by atoms with Gasteiger partial charge in [0, 0.05) is 22.7 Å². The summed E-state index contributed by atoms with van der Waals surface area (Å²) in [6.07, 6.45) is 1.57. The highest BCUT2D eigenvalue weighted by molar-refractivity contribution is 6.30. The minimum absolute atomic E-state index is 0.134. The molecule has 162 valence electrons. The van der Waals surface area contributed by atoms with Crippen LogP contribution in [0.3, 0.4) is 0 Å². The van der Waals surface area contributed by atoms with E-state index in [2.05, 4.69) is 12.2 Å². The second kappa shape index (κ2) is 9.37. The highest BCUT2D eigenvalue weighted by Crippen LogP contribution is 2.19. The number of amides is 1. The maximum atomic E-state index is 13.5. The first-order chi connectivity index (χ1) is 15.5. The van der Waals surface area contributed by atoms with E-state index >= 15 is 0 Å². The lowest BCUT2D eigenvalue weighted by Crippen LogP contribution is -2.26. The summed E-state index contributed by atoms with van der Waals surface area (Å²) in [5.74, 6) is 0.527. The zero-order chi connectivity index (χ0) is 22.7.